The van der Waals surface area contributed by atoms with E-state index in [0.717, 1.165) is 42.8 Å². The molecular formula is C27H39N5O3. The number of fused-ring (bicyclic) bond motifs is 1. The summed E-state index contributed by atoms with van der Waals surface area (Å²) in [6.07, 6.45) is 6.50. The Hall–Kier alpha value is -2.42. The summed E-state index contributed by atoms with van der Waals surface area (Å²) in [5.74, 6) is 1.24. The van der Waals surface area contributed by atoms with Crippen LogP contribution in [0, 0.1) is 11.8 Å². The SMILES string of the molecule is CN1CCC(C2CCN(C(=O)[C@](C)(NC(=O)c3ccc4cc[nH]c4c3)N3CCOCC3)CC2)CC1. The van der Waals surface area contributed by atoms with E-state index in [-0.39, 0.29) is 11.8 Å². The van der Waals surface area contributed by atoms with Gasteiger partial charge in [0.2, 0.25) is 0 Å². The third kappa shape index (κ3) is 5.10. The number of amides is 2. The number of likely N-dealkylation sites (tertiary alicyclic amines) is 2. The van der Waals surface area contributed by atoms with Gasteiger partial charge < -0.3 is 24.8 Å². The Morgan fingerprint density at radius 1 is 0.971 bits per heavy atom. The highest BCUT2D eigenvalue weighted by molar-refractivity contribution is 6.01. The van der Waals surface area contributed by atoms with E-state index in [9.17, 15) is 9.59 Å². The Bertz CT molecular complexity index is 1030. The van der Waals surface area contributed by atoms with Crippen molar-refractivity contribution in [1.82, 2.24) is 25.0 Å². The van der Waals surface area contributed by atoms with Gasteiger partial charge in [0.05, 0.1) is 13.2 Å². The lowest BCUT2D eigenvalue weighted by molar-refractivity contribution is -0.150. The number of rotatable bonds is 5. The zero-order chi connectivity index (χ0) is 24.4. The van der Waals surface area contributed by atoms with Gasteiger partial charge >= 0.3 is 0 Å². The van der Waals surface area contributed by atoms with Crippen LogP contribution in [-0.2, 0) is 9.53 Å². The summed E-state index contributed by atoms with van der Waals surface area (Å²) in [4.78, 5) is 37.0. The molecule has 0 aliphatic carbocycles. The monoisotopic (exact) mass is 481 g/mol. The van der Waals surface area contributed by atoms with Crippen molar-refractivity contribution in [2.24, 2.45) is 11.8 Å². The van der Waals surface area contributed by atoms with Gasteiger partial charge in [-0.2, -0.15) is 0 Å². The molecule has 2 N–H and O–H groups in total. The molecular weight excluding hydrogens is 442 g/mol. The first kappa shape index (κ1) is 24.3. The molecule has 0 spiro atoms. The minimum absolute atomic E-state index is 0.00414. The van der Waals surface area contributed by atoms with Crippen molar-refractivity contribution in [3.63, 3.8) is 0 Å². The molecule has 1 aromatic carbocycles. The van der Waals surface area contributed by atoms with Crippen molar-refractivity contribution in [3.05, 3.63) is 36.0 Å². The third-order valence-electron chi connectivity index (χ3n) is 8.49. The van der Waals surface area contributed by atoms with Crippen molar-refractivity contribution < 1.29 is 14.3 Å². The van der Waals surface area contributed by atoms with Crippen LogP contribution in [-0.4, -0.2) is 96.7 Å². The second kappa shape index (κ2) is 10.3. The molecule has 3 saturated heterocycles. The van der Waals surface area contributed by atoms with Gasteiger partial charge in [0.25, 0.3) is 11.8 Å². The van der Waals surface area contributed by atoms with E-state index >= 15 is 0 Å². The minimum atomic E-state index is -1.11. The van der Waals surface area contributed by atoms with E-state index in [2.05, 4.69) is 27.1 Å². The molecule has 0 unspecified atom stereocenters. The Labute approximate surface area is 208 Å². The lowest BCUT2D eigenvalue weighted by atomic mass is 9.78. The normalized spacial score (nSPS) is 23.3. The number of piperidine rings is 2. The summed E-state index contributed by atoms with van der Waals surface area (Å²) in [6, 6.07) is 7.58. The topological polar surface area (TPSA) is 80.9 Å². The highest BCUT2D eigenvalue weighted by atomic mass is 16.5. The quantitative estimate of drug-likeness (QED) is 0.686. The molecule has 2 amide bonds. The number of aromatic amines is 1. The van der Waals surface area contributed by atoms with E-state index < -0.39 is 5.66 Å². The average Bonchev–Trinajstić information content (AvgIpc) is 3.37. The van der Waals surface area contributed by atoms with Crippen molar-refractivity contribution in [2.45, 2.75) is 38.3 Å². The van der Waals surface area contributed by atoms with Gasteiger partial charge in [0.15, 0.2) is 5.66 Å². The zero-order valence-electron chi connectivity index (χ0n) is 21.1. The van der Waals surface area contributed by atoms with Gasteiger partial charge in [-0.3, -0.25) is 14.5 Å². The van der Waals surface area contributed by atoms with Crippen LogP contribution in [0.5, 0.6) is 0 Å². The van der Waals surface area contributed by atoms with Gasteiger partial charge in [-0.15, -0.1) is 0 Å². The summed E-state index contributed by atoms with van der Waals surface area (Å²) >= 11 is 0. The van der Waals surface area contributed by atoms with Crippen LogP contribution in [0.3, 0.4) is 0 Å². The molecule has 2 aromatic rings. The number of carbonyl (C=O) groups excluding carboxylic acids is 2. The third-order valence-corrected chi connectivity index (χ3v) is 8.49. The first-order chi connectivity index (χ1) is 16.9. The number of benzene rings is 1. The maximum atomic E-state index is 14.0. The molecule has 3 fully saturated rings. The van der Waals surface area contributed by atoms with Crippen LogP contribution in [0.2, 0.25) is 0 Å². The highest BCUT2D eigenvalue weighted by Crippen LogP contribution is 2.33. The number of nitrogens with one attached hydrogen (secondary N) is 2. The number of H-pyrrole nitrogens is 1. The van der Waals surface area contributed by atoms with Crippen LogP contribution < -0.4 is 5.32 Å². The van der Waals surface area contributed by atoms with Crippen molar-refractivity contribution >= 4 is 22.7 Å². The molecule has 5 rings (SSSR count). The number of aromatic nitrogens is 1. The van der Waals surface area contributed by atoms with Crippen LogP contribution >= 0.6 is 0 Å². The number of carbonyl (C=O) groups is 2. The van der Waals surface area contributed by atoms with Crippen molar-refractivity contribution in [1.29, 1.82) is 0 Å². The smallest absolute Gasteiger partial charge is 0.263 e. The Balaban J connectivity index is 1.29. The number of nitrogens with zero attached hydrogens (tertiary/aromatic N) is 3. The summed E-state index contributed by atoms with van der Waals surface area (Å²) in [7, 11) is 2.20. The van der Waals surface area contributed by atoms with Crippen LogP contribution in [0.15, 0.2) is 30.5 Å². The van der Waals surface area contributed by atoms with Gasteiger partial charge in [-0.25, -0.2) is 0 Å². The number of ether oxygens (including phenoxy) is 1. The largest absolute Gasteiger partial charge is 0.379 e. The predicted octanol–water partition coefficient (Wildman–Crippen LogP) is 2.53. The van der Waals surface area contributed by atoms with E-state index in [1.54, 1.807) is 0 Å². The second-order valence-electron chi connectivity index (χ2n) is 10.7. The van der Waals surface area contributed by atoms with Gasteiger partial charge in [0, 0.05) is 43.5 Å². The molecule has 35 heavy (non-hydrogen) atoms. The van der Waals surface area contributed by atoms with E-state index in [0.29, 0.717) is 37.8 Å². The standard InChI is InChI=1S/C27H39N5O3/c1-27(32-15-17-35-18-16-32,29-25(33)23-4-3-22-5-10-28-24(22)19-23)26(34)31-13-8-21(9-14-31)20-6-11-30(2)12-7-20/h3-5,10,19-21,28H,6-9,11-18H2,1-2H3,(H,29,33)/t27-/m1/s1. The Kier molecular flexibility index (Phi) is 7.14. The first-order valence-corrected chi connectivity index (χ1v) is 13.1. The molecule has 8 heteroatoms. The van der Waals surface area contributed by atoms with Crippen molar-refractivity contribution in [3.8, 4) is 0 Å². The molecule has 0 bridgehead atoms. The number of morpholine rings is 1. The lowest BCUT2D eigenvalue weighted by Crippen LogP contribution is -2.69. The van der Waals surface area contributed by atoms with Crippen molar-refractivity contribution in [2.75, 3.05) is 59.5 Å². The molecule has 4 heterocycles. The Morgan fingerprint density at radius 3 is 2.31 bits per heavy atom. The summed E-state index contributed by atoms with van der Waals surface area (Å²) < 4.78 is 5.55. The van der Waals surface area contributed by atoms with Crippen LogP contribution in [0.1, 0.15) is 43.0 Å². The fraction of sp³-hybridized carbons (Fsp3) is 0.630. The molecule has 1 atom stereocenters. The van der Waals surface area contributed by atoms with Crippen LogP contribution in [0.4, 0.5) is 0 Å². The molecule has 0 saturated carbocycles. The lowest BCUT2D eigenvalue weighted by Gasteiger charge is -2.46. The fourth-order valence-electron chi connectivity index (χ4n) is 6.14. The fourth-order valence-corrected chi connectivity index (χ4v) is 6.14. The molecule has 1 aromatic heterocycles. The maximum Gasteiger partial charge on any atom is 0.263 e. The summed E-state index contributed by atoms with van der Waals surface area (Å²) in [5.41, 5.74) is 0.354. The molecule has 0 radical (unpaired) electrons. The highest BCUT2D eigenvalue weighted by Gasteiger charge is 2.45. The second-order valence-corrected chi connectivity index (χ2v) is 10.7. The van der Waals surface area contributed by atoms with Gasteiger partial charge in [-0.05, 0) is 88.2 Å². The molecule has 3 aliphatic heterocycles. The zero-order valence-corrected chi connectivity index (χ0v) is 21.1. The van der Waals surface area contributed by atoms with Crippen LogP contribution in [0.25, 0.3) is 10.9 Å². The molecule has 8 nitrogen and oxygen atoms in total. The minimum Gasteiger partial charge on any atom is -0.379 e. The average molecular weight is 482 g/mol. The maximum absolute atomic E-state index is 14.0. The van der Waals surface area contributed by atoms with Gasteiger partial charge in [0.1, 0.15) is 0 Å². The summed E-state index contributed by atoms with van der Waals surface area (Å²) in [5, 5.41) is 4.19. The van der Waals surface area contributed by atoms with E-state index in [4.69, 9.17) is 4.74 Å². The number of hydrogen-bond acceptors (Lipinski definition) is 5. The number of hydrogen-bond donors (Lipinski definition) is 2. The summed E-state index contributed by atoms with van der Waals surface area (Å²) in [6.45, 7) is 8.11. The van der Waals surface area contributed by atoms with Gasteiger partial charge in [-0.1, -0.05) is 6.07 Å². The molecule has 190 valence electrons. The molecule has 3 aliphatic rings. The van der Waals surface area contributed by atoms with E-state index in [1.165, 1.54) is 25.9 Å². The predicted molar refractivity (Wildman–Crippen MR) is 136 cm³/mol. The van der Waals surface area contributed by atoms with E-state index in [1.807, 2.05) is 42.3 Å². The Morgan fingerprint density at radius 2 is 1.63 bits per heavy atom. The first-order valence-electron chi connectivity index (χ1n) is 13.1.